The van der Waals surface area contributed by atoms with Crippen LogP contribution in [0, 0.1) is 18.6 Å². The van der Waals surface area contributed by atoms with Crippen molar-refractivity contribution < 1.29 is 18.7 Å². The highest BCUT2D eigenvalue weighted by Gasteiger charge is 2.12. The number of hydrogen-bond donors (Lipinski definition) is 3. The first-order chi connectivity index (χ1) is 10.5. The first-order valence-electron chi connectivity index (χ1n) is 6.51. The Morgan fingerprint density at radius 3 is 2.77 bits per heavy atom. The Balaban J connectivity index is 1.78. The Bertz CT molecular complexity index is 663. The number of thiazole rings is 1. The summed E-state index contributed by atoms with van der Waals surface area (Å²) >= 11 is 1.44. The summed E-state index contributed by atoms with van der Waals surface area (Å²) in [5.41, 5.74) is 1.07. The number of nitrogens with zero attached hydrogens (tertiary/aromatic N) is 1. The lowest BCUT2D eigenvalue weighted by molar-refractivity contribution is 0.172. The highest BCUT2D eigenvalue weighted by Crippen LogP contribution is 2.15. The van der Waals surface area contributed by atoms with Crippen molar-refractivity contribution in [3.8, 4) is 0 Å². The predicted molar refractivity (Wildman–Crippen MR) is 78.4 cm³/mol. The van der Waals surface area contributed by atoms with Gasteiger partial charge in [0.15, 0.2) is 11.6 Å². The number of urea groups is 1. The normalized spacial score (nSPS) is 12.0. The molecule has 2 aromatic rings. The molecule has 1 aromatic carbocycles. The standard InChI is InChI=1S/C14H15F2N3O2S/c1-8-7-22-13(19-8)6-18-14(21)17-5-12(20)9-2-3-10(15)11(16)4-9/h2-4,7,12,20H,5-6H2,1H3,(H2,17,18,21)/t12-/m0/s1. The van der Waals surface area contributed by atoms with Gasteiger partial charge in [-0.05, 0) is 24.6 Å². The van der Waals surface area contributed by atoms with Crippen LogP contribution in [0.2, 0.25) is 0 Å². The molecule has 1 atom stereocenters. The van der Waals surface area contributed by atoms with E-state index < -0.39 is 23.8 Å². The molecule has 0 aliphatic heterocycles. The van der Waals surface area contributed by atoms with Crippen LogP contribution in [-0.4, -0.2) is 22.7 Å². The van der Waals surface area contributed by atoms with Crippen LogP contribution in [0.15, 0.2) is 23.6 Å². The smallest absolute Gasteiger partial charge is 0.315 e. The molecule has 0 aliphatic rings. The van der Waals surface area contributed by atoms with Crippen LogP contribution in [0.4, 0.5) is 13.6 Å². The molecule has 2 amide bonds. The minimum atomic E-state index is -1.12. The number of amides is 2. The van der Waals surface area contributed by atoms with Gasteiger partial charge in [-0.3, -0.25) is 0 Å². The molecule has 1 heterocycles. The Morgan fingerprint density at radius 1 is 1.36 bits per heavy atom. The van der Waals surface area contributed by atoms with Crippen molar-refractivity contribution in [2.75, 3.05) is 6.54 Å². The third-order valence-electron chi connectivity index (χ3n) is 2.85. The molecule has 1 aromatic heterocycles. The number of aromatic nitrogens is 1. The van der Waals surface area contributed by atoms with E-state index in [0.29, 0.717) is 0 Å². The monoisotopic (exact) mass is 327 g/mol. The number of halogens is 2. The van der Waals surface area contributed by atoms with Crippen LogP contribution in [0.5, 0.6) is 0 Å². The third-order valence-corrected chi connectivity index (χ3v) is 3.82. The minimum absolute atomic E-state index is 0.117. The Kier molecular flexibility index (Phi) is 5.40. The lowest BCUT2D eigenvalue weighted by atomic mass is 10.1. The van der Waals surface area contributed by atoms with Gasteiger partial charge in [-0.1, -0.05) is 6.07 Å². The lowest BCUT2D eigenvalue weighted by Crippen LogP contribution is -2.37. The van der Waals surface area contributed by atoms with Crippen molar-refractivity contribution in [1.82, 2.24) is 15.6 Å². The largest absolute Gasteiger partial charge is 0.387 e. The van der Waals surface area contributed by atoms with E-state index in [1.54, 1.807) is 0 Å². The molecule has 0 fully saturated rings. The second-order valence-electron chi connectivity index (χ2n) is 4.64. The van der Waals surface area contributed by atoms with E-state index in [-0.39, 0.29) is 18.7 Å². The first-order valence-corrected chi connectivity index (χ1v) is 7.39. The molecular formula is C14H15F2N3O2S. The number of carbonyl (C=O) groups is 1. The summed E-state index contributed by atoms with van der Waals surface area (Å²) in [4.78, 5) is 15.8. The maximum absolute atomic E-state index is 13.1. The number of aliphatic hydroxyl groups excluding tert-OH is 1. The van der Waals surface area contributed by atoms with E-state index in [1.807, 2.05) is 12.3 Å². The maximum Gasteiger partial charge on any atom is 0.315 e. The van der Waals surface area contributed by atoms with Crippen LogP contribution in [-0.2, 0) is 6.54 Å². The third kappa shape index (κ3) is 4.47. The topological polar surface area (TPSA) is 74.2 Å². The Morgan fingerprint density at radius 2 is 2.14 bits per heavy atom. The van der Waals surface area contributed by atoms with Gasteiger partial charge in [0.1, 0.15) is 5.01 Å². The molecule has 0 unspecified atom stereocenters. The molecule has 0 saturated heterocycles. The summed E-state index contributed by atoms with van der Waals surface area (Å²) in [6.45, 7) is 2.03. The fourth-order valence-electron chi connectivity index (χ4n) is 1.73. The molecule has 2 rings (SSSR count). The van der Waals surface area contributed by atoms with E-state index in [4.69, 9.17) is 0 Å². The number of hydrogen-bond acceptors (Lipinski definition) is 4. The van der Waals surface area contributed by atoms with E-state index in [9.17, 15) is 18.7 Å². The van der Waals surface area contributed by atoms with Crippen molar-refractivity contribution in [2.45, 2.75) is 19.6 Å². The first kappa shape index (κ1) is 16.3. The van der Waals surface area contributed by atoms with Gasteiger partial charge < -0.3 is 15.7 Å². The number of aryl methyl sites for hydroxylation is 1. The quantitative estimate of drug-likeness (QED) is 0.789. The number of aliphatic hydroxyl groups is 1. The lowest BCUT2D eigenvalue weighted by Gasteiger charge is -2.13. The van der Waals surface area contributed by atoms with Gasteiger partial charge in [-0.15, -0.1) is 11.3 Å². The van der Waals surface area contributed by atoms with E-state index in [2.05, 4.69) is 15.6 Å². The maximum atomic E-state index is 13.1. The average Bonchev–Trinajstić information content (AvgIpc) is 2.91. The Hall–Kier alpha value is -2.06. The highest BCUT2D eigenvalue weighted by atomic mass is 32.1. The van der Waals surface area contributed by atoms with Gasteiger partial charge in [0, 0.05) is 17.6 Å². The molecule has 0 saturated carbocycles. The van der Waals surface area contributed by atoms with Gasteiger partial charge in [0.25, 0.3) is 0 Å². The second kappa shape index (κ2) is 7.28. The van der Waals surface area contributed by atoms with Crippen molar-refractivity contribution in [1.29, 1.82) is 0 Å². The molecule has 0 spiro atoms. The summed E-state index contributed by atoms with van der Waals surface area (Å²) in [5.74, 6) is -2.03. The fraction of sp³-hybridized carbons (Fsp3) is 0.286. The van der Waals surface area contributed by atoms with Crippen molar-refractivity contribution in [2.24, 2.45) is 0 Å². The van der Waals surface area contributed by atoms with Crippen molar-refractivity contribution in [3.05, 3.63) is 51.5 Å². The van der Waals surface area contributed by atoms with Gasteiger partial charge in [0.05, 0.1) is 12.6 Å². The summed E-state index contributed by atoms with van der Waals surface area (Å²) in [7, 11) is 0. The fourth-order valence-corrected chi connectivity index (χ4v) is 2.44. The average molecular weight is 327 g/mol. The SMILES string of the molecule is Cc1csc(CNC(=O)NC[C@H](O)c2ccc(F)c(F)c2)n1. The molecule has 0 aliphatic carbocycles. The van der Waals surface area contributed by atoms with Crippen LogP contribution in [0.1, 0.15) is 22.4 Å². The highest BCUT2D eigenvalue weighted by molar-refractivity contribution is 7.09. The van der Waals surface area contributed by atoms with Gasteiger partial charge in [-0.25, -0.2) is 18.6 Å². The van der Waals surface area contributed by atoms with Gasteiger partial charge in [-0.2, -0.15) is 0 Å². The second-order valence-corrected chi connectivity index (χ2v) is 5.58. The van der Waals surface area contributed by atoms with E-state index in [0.717, 1.165) is 22.8 Å². The molecular weight excluding hydrogens is 312 g/mol. The molecule has 22 heavy (non-hydrogen) atoms. The van der Waals surface area contributed by atoms with Gasteiger partial charge in [0.2, 0.25) is 0 Å². The van der Waals surface area contributed by atoms with Crippen LogP contribution in [0.3, 0.4) is 0 Å². The zero-order chi connectivity index (χ0) is 16.1. The zero-order valence-electron chi connectivity index (χ0n) is 11.8. The number of nitrogens with one attached hydrogen (secondary N) is 2. The summed E-state index contributed by atoms with van der Waals surface area (Å²) in [6.07, 6.45) is -1.12. The predicted octanol–water partition coefficient (Wildman–Crippen LogP) is 2.26. The Labute approximate surface area is 130 Å². The van der Waals surface area contributed by atoms with Crippen LogP contribution in [0.25, 0.3) is 0 Å². The zero-order valence-corrected chi connectivity index (χ0v) is 12.6. The number of rotatable bonds is 5. The summed E-state index contributed by atoms with van der Waals surface area (Å²) in [6, 6.07) is 2.62. The number of carbonyl (C=O) groups excluding carboxylic acids is 1. The van der Waals surface area contributed by atoms with E-state index in [1.165, 1.54) is 17.4 Å². The van der Waals surface area contributed by atoms with E-state index >= 15 is 0 Å². The molecule has 5 nitrogen and oxygen atoms in total. The molecule has 0 radical (unpaired) electrons. The van der Waals surface area contributed by atoms with Crippen LogP contribution >= 0.6 is 11.3 Å². The molecule has 3 N–H and O–H groups in total. The van der Waals surface area contributed by atoms with Crippen molar-refractivity contribution in [3.63, 3.8) is 0 Å². The van der Waals surface area contributed by atoms with Crippen LogP contribution < -0.4 is 10.6 Å². The summed E-state index contributed by atoms with van der Waals surface area (Å²) in [5, 5.41) is 17.5. The van der Waals surface area contributed by atoms with Gasteiger partial charge >= 0.3 is 6.03 Å². The summed E-state index contributed by atoms with van der Waals surface area (Å²) < 4.78 is 25.9. The minimum Gasteiger partial charge on any atom is -0.387 e. The molecule has 0 bridgehead atoms. The number of benzene rings is 1. The molecule has 118 valence electrons. The molecule has 8 heteroatoms. The van der Waals surface area contributed by atoms with Crippen molar-refractivity contribution >= 4 is 17.4 Å².